The Bertz CT molecular complexity index is 623. The van der Waals surface area contributed by atoms with E-state index in [-0.39, 0.29) is 33.8 Å². The van der Waals surface area contributed by atoms with E-state index in [1.807, 2.05) is 6.07 Å². The smallest absolute Gasteiger partial charge is 0.241 e. The average molecular weight is 350 g/mol. The van der Waals surface area contributed by atoms with Crippen LogP contribution in [0.2, 0.25) is 5.02 Å². The second kappa shape index (κ2) is 7.97. The number of halogens is 2. The van der Waals surface area contributed by atoms with Gasteiger partial charge in [-0.15, -0.1) is 12.4 Å². The van der Waals surface area contributed by atoms with Crippen LogP contribution in [0, 0.1) is 17.2 Å². The molecule has 2 N–H and O–H groups in total. The average Bonchev–Trinajstić information content (AvgIpc) is 2.46. The van der Waals surface area contributed by atoms with Gasteiger partial charge < -0.3 is 5.32 Å². The molecular weight excluding hydrogens is 333 g/mol. The molecule has 1 aromatic rings. The predicted molar refractivity (Wildman–Crippen MR) is 84.2 cm³/mol. The number of sulfonamides is 1. The van der Waals surface area contributed by atoms with Crippen molar-refractivity contribution in [2.45, 2.75) is 17.7 Å². The number of hydrogen-bond donors (Lipinski definition) is 2. The second-order valence-corrected chi connectivity index (χ2v) is 6.93. The summed E-state index contributed by atoms with van der Waals surface area (Å²) in [5, 5.41) is 12.4. The van der Waals surface area contributed by atoms with Crippen molar-refractivity contribution in [3.05, 3.63) is 28.8 Å². The van der Waals surface area contributed by atoms with Crippen molar-refractivity contribution >= 4 is 34.0 Å². The minimum Gasteiger partial charge on any atom is -0.316 e. The number of nitriles is 1. The highest BCUT2D eigenvalue weighted by molar-refractivity contribution is 7.89. The highest BCUT2D eigenvalue weighted by Gasteiger charge is 2.22. The fourth-order valence-electron chi connectivity index (χ4n) is 2.24. The van der Waals surface area contributed by atoms with Crippen LogP contribution in [-0.4, -0.2) is 28.1 Å². The van der Waals surface area contributed by atoms with Crippen LogP contribution in [0.5, 0.6) is 0 Å². The number of nitrogens with one attached hydrogen (secondary N) is 2. The molecule has 0 spiro atoms. The van der Waals surface area contributed by atoms with Gasteiger partial charge in [-0.2, -0.15) is 5.26 Å². The Balaban J connectivity index is 0.00000220. The van der Waals surface area contributed by atoms with Gasteiger partial charge in [0.1, 0.15) is 11.0 Å². The summed E-state index contributed by atoms with van der Waals surface area (Å²) in [5.74, 6) is 0.281. The monoisotopic (exact) mass is 349 g/mol. The van der Waals surface area contributed by atoms with Crippen LogP contribution in [0.15, 0.2) is 23.1 Å². The molecule has 1 aliphatic heterocycles. The number of hydrogen-bond acceptors (Lipinski definition) is 4. The summed E-state index contributed by atoms with van der Waals surface area (Å²) < 4.78 is 27.1. The van der Waals surface area contributed by atoms with Gasteiger partial charge in [0.2, 0.25) is 10.0 Å². The predicted octanol–water partition coefficient (Wildman–Crippen LogP) is 1.91. The molecule has 0 amide bonds. The summed E-state index contributed by atoms with van der Waals surface area (Å²) in [6, 6.07) is 6.27. The third-order valence-electron chi connectivity index (χ3n) is 3.34. The highest BCUT2D eigenvalue weighted by Crippen LogP contribution is 2.23. The summed E-state index contributed by atoms with van der Waals surface area (Å²) in [7, 11) is -3.71. The van der Waals surface area contributed by atoms with Crippen molar-refractivity contribution in [2.75, 3.05) is 19.6 Å². The van der Waals surface area contributed by atoms with Gasteiger partial charge in [-0.25, -0.2) is 13.1 Å². The van der Waals surface area contributed by atoms with Gasteiger partial charge in [0.05, 0.1) is 10.6 Å². The maximum atomic E-state index is 12.3. The summed E-state index contributed by atoms with van der Waals surface area (Å²) in [6.45, 7) is 2.16. The number of piperidine rings is 1. The van der Waals surface area contributed by atoms with E-state index in [1.165, 1.54) is 18.2 Å². The van der Waals surface area contributed by atoms with Gasteiger partial charge in [-0.1, -0.05) is 17.7 Å². The number of nitrogens with zero attached hydrogens (tertiary/aromatic N) is 1. The second-order valence-electron chi connectivity index (χ2n) is 4.79. The summed E-state index contributed by atoms with van der Waals surface area (Å²) in [4.78, 5) is -0.0590. The van der Waals surface area contributed by atoms with Gasteiger partial charge in [-0.3, -0.25) is 0 Å². The molecule has 0 bridgehead atoms. The zero-order valence-electron chi connectivity index (χ0n) is 11.3. The summed E-state index contributed by atoms with van der Waals surface area (Å²) in [6.07, 6.45) is 2.04. The van der Waals surface area contributed by atoms with E-state index < -0.39 is 10.0 Å². The van der Waals surface area contributed by atoms with Crippen LogP contribution in [0.3, 0.4) is 0 Å². The topological polar surface area (TPSA) is 82.0 Å². The molecule has 1 aliphatic rings. The van der Waals surface area contributed by atoms with E-state index >= 15 is 0 Å². The normalized spacial score (nSPS) is 18.6. The third kappa shape index (κ3) is 4.56. The zero-order valence-corrected chi connectivity index (χ0v) is 13.7. The molecule has 8 heteroatoms. The quantitative estimate of drug-likeness (QED) is 0.869. The molecule has 1 unspecified atom stereocenters. The van der Waals surface area contributed by atoms with Crippen LogP contribution < -0.4 is 10.0 Å². The van der Waals surface area contributed by atoms with Crippen LogP contribution in [0.4, 0.5) is 0 Å². The third-order valence-corrected chi connectivity index (χ3v) is 5.12. The Morgan fingerprint density at radius 2 is 2.24 bits per heavy atom. The Morgan fingerprint density at radius 3 is 2.86 bits per heavy atom. The Hall–Kier alpha value is -0.840. The first-order valence-corrected chi connectivity index (χ1v) is 8.29. The van der Waals surface area contributed by atoms with Crippen molar-refractivity contribution in [1.82, 2.24) is 10.0 Å². The highest BCUT2D eigenvalue weighted by atomic mass is 35.5. The Morgan fingerprint density at radius 1 is 1.48 bits per heavy atom. The molecule has 1 atom stereocenters. The van der Waals surface area contributed by atoms with Gasteiger partial charge in [0.25, 0.3) is 0 Å². The van der Waals surface area contributed by atoms with Crippen molar-refractivity contribution in [3.8, 4) is 6.07 Å². The molecule has 0 aliphatic carbocycles. The molecule has 5 nitrogen and oxygen atoms in total. The van der Waals surface area contributed by atoms with E-state index in [9.17, 15) is 8.42 Å². The largest absolute Gasteiger partial charge is 0.316 e. The minimum atomic E-state index is -3.71. The number of rotatable bonds is 4. The van der Waals surface area contributed by atoms with Crippen molar-refractivity contribution in [3.63, 3.8) is 0 Å². The first-order chi connectivity index (χ1) is 9.54. The Kier molecular flexibility index (Phi) is 6.91. The summed E-state index contributed by atoms with van der Waals surface area (Å²) in [5.41, 5.74) is -0.0107. The van der Waals surface area contributed by atoms with E-state index in [2.05, 4.69) is 10.0 Å². The molecular formula is C13H17Cl2N3O2S. The van der Waals surface area contributed by atoms with Crippen molar-refractivity contribution < 1.29 is 8.42 Å². The molecule has 21 heavy (non-hydrogen) atoms. The van der Waals surface area contributed by atoms with E-state index in [4.69, 9.17) is 16.9 Å². The molecule has 0 aromatic heterocycles. The maximum Gasteiger partial charge on any atom is 0.241 e. The zero-order chi connectivity index (χ0) is 14.6. The molecule has 1 fully saturated rings. The van der Waals surface area contributed by atoms with Gasteiger partial charge in [0.15, 0.2) is 0 Å². The molecule has 1 aromatic carbocycles. The van der Waals surface area contributed by atoms with E-state index in [1.54, 1.807) is 0 Å². The van der Waals surface area contributed by atoms with E-state index in [0.717, 1.165) is 25.9 Å². The maximum absolute atomic E-state index is 12.3. The van der Waals surface area contributed by atoms with E-state index in [0.29, 0.717) is 6.54 Å². The van der Waals surface area contributed by atoms with Crippen LogP contribution in [-0.2, 0) is 10.0 Å². The molecule has 0 radical (unpaired) electrons. The van der Waals surface area contributed by atoms with Gasteiger partial charge in [-0.05, 0) is 44.0 Å². The van der Waals surface area contributed by atoms with Crippen molar-refractivity contribution in [1.29, 1.82) is 5.26 Å². The van der Waals surface area contributed by atoms with Gasteiger partial charge in [0, 0.05) is 6.54 Å². The molecule has 1 heterocycles. The fourth-order valence-corrected chi connectivity index (χ4v) is 3.81. The molecule has 116 valence electrons. The van der Waals surface area contributed by atoms with Crippen molar-refractivity contribution in [2.24, 2.45) is 5.92 Å². The lowest BCUT2D eigenvalue weighted by Crippen LogP contribution is -2.38. The lowest BCUT2D eigenvalue weighted by Gasteiger charge is -2.22. The SMILES string of the molecule is Cl.N#Cc1c(Cl)cccc1S(=O)(=O)NCC1CCCNC1. The summed E-state index contributed by atoms with van der Waals surface area (Å²) >= 11 is 5.86. The van der Waals surface area contributed by atoms with Crippen LogP contribution >= 0.6 is 24.0 Å². The van der Waals surface area contributed by atoms with Crippen LogP contribution in [0.25, 0.3) is 0 Å². The van der Waals surface area contributed by atoms with Gasteiger partial charge >= 0.3 is 0 Å². The Labute approximate surface area is 136 Å². The fraction of sp³-hybridized carbons (Fsp3) is 0.462. The standard InChI is InChI=1S/C13H16ClN3O2S.ClH/c14-12-4-1-5-13(11(12)7-15)20(18,19)17-9-10-3-2-6-16-8-10;/h1,4-5,10,16-17H,2-3,6,8-9H2;1H. The molecule has 1 saturated heterocycles. The lowest BCUT2D eigenvalue weighted by atomic mass is 10.0. The number of benzene rings is 1. The first-order valence-electron chi connectivity index (χ1n) is 6.43. The molecule has 0 saturated carbocycles. The first kappa shape index (κ1) is 18.2. The van der Waals surface area contributed by atoms with Crippen LogP contribution in [0.1, 0.15) is 18.4 Å². The lowest BCUT2D eigenvalue weighted by molar-refractivity contribution is 0.376. The minimum absolute atomic E-state index is 0. The molecule has 2 rings (SSSR count).